The van der Waals surface area contributed by atoms with Crippen molar-refractivity contribution in [2.75, 3.05) is 0 Å². The van der Waals surface area contributed by atoms with Gasteiger partial charge in [-0.1, -0.05) is 37.3 Å². The third-order valence-electron chi connectivity index (χ3n) is 2.65. The molecular formula is C13H12N2O2. The molecule has 2 rings (SSSR count). The molecule has 0 aliphatic carbocycles. The van der Waals surface area contributed by atoms with Crippen molar-refractivity contribution >= 4 is 5.97 Å². The fourth-order valence-corrected chi connectivity index (χ4v) is 1.64. The van der Waals surface area contributed by atoms with E-state index in [9.17, 15) is 4.79 Å². The highest BCUT2D eigenvalue weighted by Crippen LogP contribution is 2.21. The van der Waals surface area contributed by atoms with Gasteiger partial charge in [-0.3, -0.25) is 0 Å². The van der Waals surface area contributed by atoms with E-state index in [0.29, 0.717) is 5.69 Å². The number of nitrogens with zero attached hydrogens (tertiary/aromatic N) is 2. The van der Waals surface area contributed by atoms with Crippen LogP contribution >= 0.6 is 0 Å². The van der Waals surface area contributed by atoms with Crippen LogP contribution < -0.4 is 0 Å². The van der Waals surface area contributed by atoms with E-state index in [1.165, 1.54) is 12.4 Å². The number of hydrogen-bond acceptors (Lipinski definition) is 3. The first kappa shape index (κ1) is 11.3. The fraction of sp³-hybridized carbons (Fsp3) is 0.154. The Morgan fingerprint density at radius 3 is 2.59 bits per heavy atom. The molecule has 0 spiro atoms. The van der Waals surface area contributed by atoms with Crippen LogP contribution in [0.4, 0.5) is 0 Å². The summed E-state index contributed by atoms with van der Waals surface area (Å²) in [5.41, 5.74) is 1.84. The van der Waals surface area contributed by atoms with Gasteiger partial charge in [0, 0.05) is 5.92 Å². The van der Waals surface area contributed by atoms with Crippen LogP contribution in [0.15, 0.2) is 42.7 Å². The molecule has 1 heterocycles. The second-order valence-electron chi connectivity index (χ2n) is 3.77. The first-order valence-electron chi connectivity index (χ1n) is 5.28. The lowest BCUT2D eigenvalue weighted by atomic mass is 9.97. The lowest BCUT2D eigenvalue weighted by Gasteiger charge is -2.11. The highest BCUT2D eigenvalue weighted by Gasteiger charge is 2.12. The smallest absolute Gasteiger partial charge is 0.354 e. The van der Waals surface area contributed by atoms with Gasteiger partial charge >= 0.3 is 5.97 Å². The zero-order valence-electron chi connectivity index (χ0n) is 9.37. The van der Waals surface area contributed by atoms with E-state index < -0.39 is 5.97 Å². The van der Waals surface area contributed by atoms with E-state index in [1.54, 1.807) is 0 Å². The van der Waals surface area contributed by atoms with Crippen LogP contribution in [0, 0.1) is 0 Å². The molecule has 4 heteroatoms. The van der Waals surface area contributed by atoms with Crippen molar-refractivity contribution in [2.24, 2.45) is 0 Å². The van der Waals surface area contributed by atoms with E-state index in [4.69, 9.17) is 5.11 Å². The maximum absolute atomic E-state index is 10.8. The van der Waals surface area contributed by atoms with Crippen LogP contribution in [0.3, 0.4) is 0 Å². The zero-order valence-corrected chi connectivity index (χ0v) is 9.37. The Balaban J connectivity index is 2.34. The third kappa shape index (κ3) is 2.47. The molecule has 0 saturated carbocycles. The molecule has 1 atom stereocenters. The number of aromatic nitrogens is 2. The maximum atomic E-state index is 10.8. The van der Waals surface area contributed by atoms with Crippen LogP contribution in [0.25, 0.3) is 0 Å². The molecule has 17 heavy (non-hydrogen) atoms. The van der Waals surface area contributed by atoms with E-state index in [0.717, 1.165) is 5.56 Å². The van der Waals surface area contributed by atoms with Gasteiger partial charge in [0.25, 0.3) is 0 Å². The fourth-order valence-electron chi connectivity index (χ4n) is 1.64. The number of aromatic carboxylic acids is 1. The van der Waals surface area contributed by atoms with Gasteiger partial charge < -0.3 is 5.11 Å². The van der Waals surface area contributed by atoms with Gasteiger partial charge in [0.1, 0.15) is 6.33 Å². The summed E-state index contributed by atoms with van der Waals surface area (Å²) in [4.78, 5) is 18.6. The van der Waals surface area contributed by atoms with Gasteiger partial charge in [-0.05, 0) is 11.6 Å². The van der Waals surface area contributed by atoms with Gasteiger partial charge in [-0.2, -0.15) is 0 Å². The molecule has 0 bridgehead atoms. The summed E-state index contributed by atoms with van der Waals surface area (Å²) in [6.45, 7) is 1.99. The van der Waals surface area contributed by atoms with E-state index in [-0.39, 0.29) is 11.6 Å². The predicted molar refractivity (Wildman–Crippen MR) is 63.0 cm³/mol. The van der Waals surface area contributed by atoms with Crippen molar-refractivity contribution in [1.82, 2.24) is 9.97 Å². The third-order valence-corrected chi connectivity index (χ3v) is 2.65. The van der Waals surface area contributed by atoms with Crippen LogP contribution in [0.2, 0.25) is 0 Å². The van der Waals surface area contributed by atoms with Crippen molar-refractivity contribution in [3.8, 4) is 0 Å². The molecule has 0 saturated heterocycles. The maximum Gasteiger partial charge on any atom is 0.354 e. The van der Waals surface area contributed by atoms with Crippen LogP contribution in [-0.2, 0) is 0 Å². The van der Waals surface area contributed by atoms with Gasteiger partial charge in [0.05, 0.1) is 5.69 Å². The molecule has 0 aliphatic heterocycles. The molecule has 0 fully saturated rings. The highest BCUT2D eigenvalue weighted by atomic mass is 16.4. The van der Waals surface area contributed by atoms with Crippen molar-refractivity contribution in [1.29, 1.82) is 0 Å². The second-order valence-corrected chi connectivity index (χ2v) is 3.77. The average molecular weight is 228 g/mol. The van der Waals surface area contributed by atoms with Crippen LogP contribution in [0.1, 0.15) is 34.6 Å². The molecule has 0 amide bonds. The first-order valence-corrected chi connectivity index (χ1v) is 5.28. The molecule has 1 aromatic carbocycles. The Morgan fingerprint density at radius 2 is 1.94 bits per heavy atom. The molecule has 0 radical (unpaired) electrons. The Labute approximate surface area is 99.0 Å². The van der Waals surface area contributed by atoms with Gasteiger partial charge in [-0.25, -0.2) is 14.8 Å². The summed E-state index contributed by atoms with van der Waals surface area (Å²) >= 11 is 0. The summed E-state index contributed by atoms with van der Waals surface area (Å²) in [7, 11) is 0. The standard InChI is InChI=1S/C13H12N2O2/c1-9(10-5-3-2-4-6-10)11-7-12(13(16)17)15-8-14-11/h2-9H,1H3,(H,16,17). The van der Waals surface area contributed by atoms with Crippen molar-refractivity contribution in [2.45, 2.75) is 12.8 Å². The number of carboxylic acids is 1. The molecule has 2 aromatic rings. The van der Waals surface area contributed by atoms with Crippen molar-refractivity contribution in [3.05, 3.63) is 59.7 Å². The number of carbonyl (C=O) groups is 1. The first-order chi connectivity index (χ1) is 8.18. The van der Waals surface area contributed by atoms with Crippen LogP contribution in [-0.4, -0.2) is 21.0 Å². The van der Waals surface area contributed by atoms with E-state index >= 15 is 0 Å². The molecule has 1 aromatic heterocycles. The average Bonchev–Trinajstić information content (AvgIpc) is 2.39. The number of benzene rings is 1. The highest BCUT2D eigenvalue weighted by molar-refractivity contribution is 5.85. The normalized spacial score (nSPS) is 12.1. The SMILES string of the molecule is CC(c1ccccc1)c1cc(C(=O)O)ncn1. The van der Waals surface area contributed by atoms with E-state index in [2.05, 4.69) is 9.97 Å². The predicted octanol–water partition coefficient (Wildman–Crippen LogP) is 2.33. The summed E-state index contributed by atoms with van der Waals surface area (Å²) in [6.07, 6.45) is 1.29. The zero-order chi connectivity index (χ0) is 12.3. The van der Waals surface area contributed by atoms with Gasteiger partial charge in [-0.15, -0.1) is 0 Å². The summed E-state index contributed by atoms with van der Waals surface area (Å²) in [6, 6.07) is 11.3. The quantitative estimate of drug-likeness (QED) is 0.875. The Kier molecular flexibility index (Phi) is 3.14. The molecule has 1 N–H and O–H groups in total. The van der Waals surface area contributed by atoms with Crippen molar-refractivity contribution in [3.63, 3.8) is 0 Å². The minimum Gasteiger partial charge on any atom is -0.477 e. The molecule has 0 aliphatic rings. The number of carboxylic acid groups (broad SMARTS) is 1. The van der Waals surface area contributed by atoms with E-state index in [1.807, 2.05) is 37.3 Å². The molecular weight excluding hydrogens is 216 g/mol. The largest absolute Gasteiger partial charge is 0.477 e. The molecule has 4 nitrogen and oxygen atoms in total. The number of rotatable bonds is 3. The Bertz CT molecular complexity index is 526. The van der Waals surface area contributed by atoms with Gasteiger partial charge in [0.15, 0.2) is 5.69 Å². The molecule has 1 unspecified atom stereocenters. The summed E-state index contributed by atoms with van der Waals surface area (Å²) in [5.74, 6) is -0.980. The summed E-state index contributed by atoms with van der Waals surface area (Å²) < 4.78 is 0. The van der Waals surface area contributed by atoms with Gasteiger partial charge in [0.2, 0.25) is 0 Å². The lowest BCUT2D eigenvalue weighted by molar-refractivity contribution is 0.0690. The van der Waals surface area contributed by atoms with Crippen molar-refractivity contribution < 1.29 is 9.90 Å². The summed E-state index contributed by atoms with van der Waals surface area (Å²) in [5, 5.41) is 8.87. The lowest BCUT2D eigenvalue weighted by Crippen LogP contribution is -2.05. The van der Waals surface area contributed by atoms with Crippen LogP contribution in [0.5, 0.6) is 0 Å². The molecule has 86 valence electrons. The minimum atomic E-state index is -1.03. The Hall–Kier alpha value is -2.23. The second kappa shape index (κ2) is 4.74. The number of hydrogen-bond donors (Lipinski definition) is 1. The minimum absolute atomic E-state index is 0.0257. The topological polar surface area (TPSA) is 63.1 Å². The Morgan fingerprint density at radius 1 is 1.24 bits per heavy atom. The monoisotopic (exact) mass is 228 g/mol.